The summed E-state index contributed by atoms with van der Waals surface area (Å²) in [7, 11) is -3.55. The normalized spacial score (nSPS) is 19.1. The predicted molar refractivity (Wildman–Crippen MR) is 82.5 cm³/mol. The van der Waals surface area contributed by atoms with E-state index in [-0.39, 0.29) is 10.8 Å². The molecule has 1 unspecified atom stereocenters. The van der Waals surface area contributed by atoms with Crippen molar-refractivity contribution in [2.24, 2.45) is 5.92 Å². The molecule has 0 amide bonds. The van der Waals surface area contributed by atoms with Gasteiger partial charge in [0.15, 0.2) is 0 Å². The fourth-order valence-electron chi connectivity index (χ4n) is 2.58. The molecule has 1 heterocycles. The molecular formula is C15H18N2O3S. The molecule has 3 rings (SSSR count). The van der Waals surface area contributed by atoms with Gasteiger partial charge >= 0.3 is 0 Å². The lowest BCUT2D eigenvalue weighted by molar-refractivity contribution is 0.186. The molecule has 0 radical (unpaired) electrons. The van der Waals surface area contributed by atoms with Crippen molar-refractivity contribution < 1.29 is 13.2 Å². The Morgan fingerprint density at radius 3 is 2.67 bits per heavy atom. The summed E-state index contributed by atoms with van der Waals surface area (Å²) in [5.41, 5.74) is 6.49. The van der Waals surface area contributed by atoms with Crippen molar-refractivity contribution in [1.29, 1.82) is 0 Å². The van der Waals surface area contributed by atoms with Crippen LogP contribution < -0.4 is 10.5 Å². The van der Waals surface area contributed by atoms with Gasteiger partial charge in [-0.15, -0.1) is 0 Å². The molecule has 0 saturated carbocycles. The molecule has 0 aliphatic carbocycles. The number of nitrogens with two attached hydrogens (primary N) is 1. The van der Waals surface area contributed by atoms with Gasteiger partial charge in [0, 0.05) is 29.6 Å². The minimum Gasteiger partial charge on any atom is -0.398 e. The largest absolute Gasteiger partial charge is 0.398 e. The maximum absolute atomic E-state index is 12.5. The molecule has 0 aromatic heterocycles. The molecule has 0 spiro atoms. The maximum Gasteiger partial charge on any atom is 0.241 e. The smallest absolute Gasteiger partial charge is 0.241 e. The monoisotopic (exact) mass is 306 g/mol. The second-order valence-corrected chi connectivity index (χ2v) is 7.02. The fourth-order valence-corrected chi connectivity index (χ4v) is 3.90. The van der Waals surface area contributed by atoms with E-state index in [1.54, 1.807) is 18.2 Å². The molecule has 3 N–H and O–H groups in total. The van der Waals surface area contributed by atoms with Crippen molar-refractivity contribution >= 4 is 26.5 Å². The third-order valence-electron chi connectivity index (χ3n) is 3.79. The zero-order valence-corrected chi connectivity index (χ0v) is 12.4. The average molecular weight is 306 g/mol. The number of rotatable bonds is 4. The Morgan fingerprint density at radius 2 is 1.95 bits per heavy atom. The summed E-state index contributed by atoms with van der Waals surface area (Å²) in [6, 6.07) is 10.5. The SMILES string of the molecule is Nc1ccc(S(=O)(=O)NCC2CCOC2)c2ccccc12. The lowest BCUT2D eigenvalue weighted by Crippen LogP contribution is -2.29. The first-order valence-electron chi connectivity index (χ1n) is 6.92. The Hall–Kier alpha value is -1.63. The highest BCUT2D eigenvalue weighted by Crippen LogP contribution is 2.27. The molecular weight excluding hydrogens is 288 g/mol. The van der Waals surface area contributed by atoms with Gasteiger partial charge in [-0.25, -0.2) is 13.1 Å². The van der Waals surface area contributed by atoms with Crippen LogP contribution in [0, 0.1) is 5.92 Å². The molecule has 6 heteroatoms. The summed E-state index contributed by atoms with van der Waals surface area (Å²) in [5.74, 6) is 0.250. The van der Waals surface area contributed by atoms with Gasteiger partial charge in [-0.1, -0.05) is 24.3 Å². The van der Waals surface area contributed by atoms with Crippen LogP contribution in [0.25, 0.3) is 10.8 Å². The molecule has 1 aliphatic heterocycles. The van der Waals surface area contributed by atoms with Crippen LogP contribution in [0.5, 0.6) is 0 Å². The first-order valence-corrected chi connectivity index (χ1v) is 8.41. The van der Waals surface area contributed by atoms with Crippen LogP contribution in [0.2, 0.25) is 0 Å². The van der Waals surface area contributed by atoms with Crippen molar-refractivity contribution in [3.05, 3.63) is 36.4 Å². The van der Waals surface area contributed by atoms with E-state index in [0.29, 0.717) is 30.8 Å². The van der Waals surface area contributed by atoms with E-state index in [1.165, 1.54) is 0 Å². The van der Waals surface area contributed by atoms with Crippen molar-refractivity contribution in [3.63, 3.8) is 0 Å². The summed E-state index contributed by atoms with van der Waals surface area (Å²) in [6.45, 7) is 1.73. The molecule has 0 bridgehead atoms. The molecule has 112 valence electrons. The molecule has 1 atom stereocenters. The fraction of sp³-hybridized carbons (Fsp3) is 0.333. The van der Waals surface area contributed by atoms with Crippen LogP contribution >= 0.6 is 0 Å². The second kappa shape index (κ2) is 5.63. The molecule has 1 aliphatic rings. The number of ether oxygens (including phenoxy) is 1. The second-order valence-electron chi connectivity index (χ2n) is 5.28. The third kappa shape index (κ3) is 2.88. The van der Waals surface area contributed by atoms with Crippen LogP contribution in [-0.2, 0) is 14.8 Å². The van der Waals surface area contributed by atoms with E-state index in [1.807, 2.05) is 18.2 Å². The van der Waals surface area contributed by atoms with E-state index in [4.69, 9.17) is 10.5 Å². The van der Waals surface area contributed by atoms with Gasteiger partial charge in [0.25, 0.3) is 0 Å². The van der Waals surface area contributed by atoms with Gasteiger partial charge in [-0.3, -0.25) is 0 Å². The summed E-state index contributed by atoms with van der Waals surface area (Å²) >= 11 is 0. The van der Waals surface area contributed by atoms with Crippen LogP contribution in [0.4, 0.5) is 5.69 Å². The summed E-state index contributed by atoms with van der Waals surface area (Å²) in [5, 5.41) is 1.40. The van der Waals surface area contributed by atoms with Crippen molar-refractivity contribution in [2.45, 2.75) is 11.3 Å². The Kier molecular flexibility index (Phi) is 3.84. The van der Waals surface area contributed by atoms with Gasteiger partial charge in [-0.2, -0.15) is 0 Å². The first kappa shape index (κ1) is 14.3. The minimum absolute atomic E-state index is 0.250. The zero-order valence-electron chi connectivity index (χ0n) is 11.6. The van der Waals surface area contributed by atoms with Gasteiger partial charge in [0.2, 0.25) is 10.0 Å². The lowest BCUT2D eigenvalue weighted by atomic mass is 10.1. The van der Waals surface area contributed by atoms with Crippen molar-refractivity contribution in [2.75, 3.05) is 25.5 Å². The van der Waals surface area contributed by atoms with E-state index < -0.39 is 10.0 Å². The number of hydrogen-bond donors (Lipinski definition) is 2. The number of nitrogens with one attached hydrogen (secondary N) is 1. The van der Waals surface area contributed by atoms with E-state index >= 15 is 0 Å². The van der Waals surface area contributed by atoms with E-state index in [9.17, 15) is 8.42 Å². The molecule has 5 nitrogen and oxygen atoms in total. The quantitative estimate of drug-likeness (QED) is 0.843. The Labute approximate surface area is 124 Å². The minimum atomic E-state index is -3.55. The van der Waals surface area contributed by atoms with Gasteiger partial charge < -0.3 is 10.5 Å². The highest BCUT2D eigenvalue weighted by Gasteiger charge is 2.22. The predicted octanol–water partition coefficient (Wildman–Crippen LogP) is 1.74. The van der Waals surface area contributed by atoms with Gasteiger partial charge in [-0.05, 0) is 24.5 Å². The van der Waals surface area contributed by atoms with Crippen LogP contribution in [0.15, 0.2) is 41.3 Å². The van der Waals surface area contributed by atoms with Crippen LogP contribution in [0.1, 0.15) is 6.42 Å². The number of fused-ring (bicyclic) bond motifs is 1. The first-order chi connectivity index (χ1) is 10.1. The standard InChI is InChI=1S/C15H18N2O3S/c16-14-5-6-15(13-4-2-1-3-12(13)14)21(18,19)17-9-11-7-8-20-10-11/h1-6,11,17H,7-10,16H2. The van der Waals surface area contributed by atoms with Crippen LogP contribution in [0.3, 0.4) is 0 Å². The lowest BCUT2D eigenvalue weighted by Gasteiger charge is -2.13. The summed E-state index contributed by atoms with van der Waals surface area (Å²) < 4.78 is 33.0. The average Bonchev–Trinajstić information content (AvgIpc) is 2.99. The Bertz CT molecular complexity index is 753. The number of nitrogen functional groups attached to an aromatic ring is 1. The highest BCUT2D eigenvalue weighted by molar-refractivity contribution is 7.89. The Morgan fingerprint density at radius 1 is 1.19 bits per heavy atom. The molecule has 21 heavy (non-hydrogen) atoms. The van der Waals surface area contributed by atoms with Crippen molar-refractivity contribution in [3.8, 4) is 0 Å². The maximum atomic E-state index is 12.5. The Balaban J connectivity index is 1.93. The highest BCUT2D eigenvalue weighted by atomic mass is 32.2. The molecule has 1 saturated heterocycles. The summed E-state index contributed by atoms with van der Waals surface area (Å²) in [6.07, 6.45) is 0.894. The number of hydrogen-bond acceptors (Lipinski definition) is 4. The summed E-state index contributed by atoms with van der Waals surface area (Å²) in [4.78, 5) is 0.270. The number of sulfonamides is 1. The number of anilines is 1. The van der Waals surface area contributed by atoms with Gasteiger partial charge in [0.05, 0.1) is 11.5 Å². The van der Waals surface area contributed by atoms with Gasteiger partial charge in [0.1, 0.15) is 0 Å². The number of benzene rings is 2. The zero-order chi connectivity index (χ0) is 14.9. The van der Waals surface area contributed by atoms with E-state index in [2.05, 4.69) is 4.72 Å². The van der Waals surface area contributed by atoms with Crippen LogP contribution in [-0.4, -0.2) is 28.2 Å². The van der Waals surface area contributed by atoms with E-state index in [0.717, 1.165) is 11.8 Å². The molecule has 1 fully saturated rings. The molecule has 2 aromatic rings. The van der Waals surface area contributed by atoms with Crippen molar-refractivity contribution in [1.82, 2.24) is 4.72 Å². The topological polar surface area (TPSA) is 81.4 Å². The molecule has 2 aromatic carbocycles. The third-order valence-corrected chi connectivity index (χ3v) is 5.28.